The van der Waals surface area contributed by atoms with Gasteiger partial charge in [0.15, 0.2) is 0 Å². The fourth-order valence-electron chi connectivity index (χ4n) is 2.31. The third-order valence-corrected chi connectivity index (χ3v) is 5.86. The number of methoxy groups -OCH3 is 1. The van der Waals surface area contributed by atoms with Gasteiger partial charge in [0.05, 0.1) is 12.8 Å². The zero-order chi connectivity index (χ0) is 19.1. The smallest absolute Gasteiger partial charge is 0.129 e. The summed E-state index contributed by atoms with van der Waals surface area (Å²) in [5.41, 5.74) is 1.68. The number of nitrogens with zero attached hydrogens (tertiary/aromatic N) is 3. The van der Waals surface area contributed by atoms with Gasteiger partial charge in [-0.2, -0.15) is 0 Å². The van der Waals surface area contributed by atoms with Crippen molar-refractivity contribution >= 4 is 33.6 Å². The molecule has 7 heteroatoms. The molecule has 3 heterocycles. The molecule has 0 fully saturated rings. The van der Waals surface area contributed by atoms with Crippen molar-refractivity contribution in [2.75, 3.05) is 18.6 Å². The molecule has 0 spiro atoms. The molecular formula is C20H21N3O2S2. The van der Waals surface area contributed by atoms with Crippen LogP contribution in [0, 0.1) is 0 Å². The maximum Gasteiger partial charge on any atom is 0.129 e. The first-order chi connectivity index (χ1) is 13.2. The average molecular weight is 400 g/mol. The molecule has 27 heavy (non-hydrogen) atoms. The minimum absolute atomic E-state index is 0.0244. The van der Waals surface area contributed by atoms with Gasteiger partial charge < -0.3 is 9.47 Å². The van der Waals surface area contributed by atoms with E-state index in [0.29, 0.717) is 18.1 Å². The van der Waals surface area contributed by atoms with Gasteiger partial charge in [-0.25, -0.2) is 4.99 Å². The van der Waals surface area contributed by atoms with Crippen LogP contribution >= 0.6 is 23.5 Å². The SMILES string of the molecule is C=C1/C=C\C(OCc2cccnc2)=C/CSC(C2=N[C@@H](C(=C)OC)CS2)=N1. The van der Waals surface area contributed by atoms with Crippen molar-refractivity contribution in [3.63, 3.8) is 0 Å². The molecule has 1 aromatic rings. The van der Waals surface area contributed by atoms with Crippen LogP contribution in [0.5, 0.6) is 0 Å². The molecule has 0 unspecified atom stereocenters. The Balaban J connectivity index is 1.66. The highest BCUT2D eigenvalue weighted by Gasteiger charge is 2.25. The van der Waals surface area contributed by atoms with Crippen molar-refractivity contribution < 1.29 is 9.47 Å². The Bertz CT molecular complexity index is 829. The zero-order valence-electron chi connectivity index (χ0n) is 15.1. The lowest BCUT2D eigenvalue weighted by molar-refractivity contribution is 0.210. The Hall–Kier alpha value is -2.25. The number of aliphatic imine (C=N–C) groups is 2. The number of ether oxygens (including phenoxy) is 2. The predicted octanol–water partition coefficient (Wildman–Crippen LogP) is 4.37. The summed E-state index contributed by atoms with van der Waals surface area (Å²) < 4.78 is 11.1. The van der Waals surface area contributed by atoms with Gasteiger partial charge in [-0.05, 0) is 24.3 Å². The molecule has 2 aliphatic rings. The van der Waals surface area contributed by atoms with E-state index in [1.54, 1.807) is 43.0 Å². The van der Waals surface area contributed by atoms with E-state index in [4.69, 9.17) is 14.5 Å². The number of aromatic nitrogens is 1. The lowest BCUT2D eigenvalue weighted by Crippen LogP contribution is -2.08. The lowest BCUT2D eigenvalue weighted by Gasteiger charge is -2.07. The van der Waals surface area contributed by atoms with Crippen molar-refractivity contribution in [1.82, 2.24) is 4.98 Å². The number of hydrogen-bond acceptors (Lipinski definition) is 7. The summed E-state index contributed by atoms with van der Waals surface area (Å²) in [5, 5.41) is 1.77. The Kier molecular flexibility index (Phi) is 6.95. The van der Waals surface area contributed by atoms with E-state index in [-0.39, 0.29) is 6.04 Å². The normalized spacial score (nSPS) is 23.1. The van der Waals surface area contributed by atoms with Gasteiger partial charge >= 0.3 is 0 Å². The van der Waals surface area contributed by atoms with Gasteiger partial charge in [0.25, 0.3) is 0 Å². The molecule has 0 radical (unpaired) electrons. The molecule has 5 nitrogen and oxygen atoms in total. The minimum atomic E-state index is -0.0244. The van der Waals surface area contributed by atoms with E-state index < -0.39 is 0 Å². The Morgan fingerprint density at radius 2 is 2.19 bits per heavy atom. The monoisotopic (exact) mass is 399 g/mol. The molecule has 0 aliphatic carbocycles. The lowest BCUT2D eigenvalue weighted by atomic mass is 10.3. The predicted molar refractivity (Wildman–Crippen MR) is 115 cm³/mol. The summed E-state index contributed by atoms with van der Waals surface area (Å²) in [6.45, 7) is 8.39. The molecule has 0 saturated heterocycles. The molecular weight excluding hydrogens is 378 g/mol. The first-order valence-corrected chi connectivity index (χ1v) is 10.4. The third-order valence-electron chi connectivity index (χ3n) is 3.79. The van der Waals surface area contributed by atoms with Crippen LogP contribution in [0.15, 0.2) is 83.1 Å². The van der Waals surface area contributed by atoms with Crippen LogP contribution in [0.25, 0.3) is 0 Å². The van der Waals surface area contributed by atoms with Gasteiger partial charge in [-0.15, -0.1) is 11.8 Å². The molecule has 0 N–H and O–H groups in total. The van der Waals surface area contributed by atoms with Crippen LogP contribution in [0.4, 0.5) is 0 Å². The molecule has 1 aromatic heterocycles. The minimum Gasteiger partial charge on any atom is -0.499 e. The number of hydrogen-bond donors (Lipinski definition) is 0. The van der Waals surface area contributed by atoms with Gasteiger partial charge in [0.1, 0.15) is 34.3 Å². The molecule has 3 rings (SSSR count). The topological polar surface area (TPSA) is 56.1 Å². The zero-order valence-corrected chi connectivity index (χ0v) is 16.8. The molecule has 0 bridgehead atoms. The maximum absolute atomic E-state index is 5.90. The fourth-order valence-corrected chi connectivity index (χ4v) is 4.37. The van der Waals surface area contributed by atoms with Gasteiger partial charge in [0.2, 0.25) is 0 Å². The van der Waals surface area contributed by atoms with Crippen molar-refractivity contribution in [1.29, 1.82) is 0 Å². The highest BCUT2D eigenvalue weighted by molar-refractivity contribution is 8.25. The fraction of sp³-hybridized carbons (Fsp3) is 0.250. The van der Waals surface area contributed by atoms with Crippen molar-refractivity contribution in [3.8, 4) is 0 Å². The van der Waals surface area contributed by atoms with Crippen LogP contribution in [-0.4, -0.2) is 39.7 Å². The molecule has 0 aromatic carbocycles. The highest BCUT2D eigenvalue weighted by Crippen LogP contribution is 2.28. The summed E-state index contributed by atoms with van der Waals surface area (Å²) in [6, 6.07) is 3.86. The molecule has 1 atom stereocenters. The second-order valence-electron chi connectivity index (χ2n) is 5.74. The standard InChI is InChI=1S/C20H21N3O2S2/c1-14-6-7-17(25-12-16-5-4-9-21-11-16)8-10-26-19(22-14)20-23-18(13-27-20)15(2)24-3/h4-9,11,18H,1-2,10,12-13H2,3H3/b7-6-,17-8+,22-19?/t18-/m1/s1. The summed E-state index contributed by atoms with van der Waals surface area (Å²) in [5.74, 6) is 3.01. The Labute approximate surface area is 168 Å². The van der Waals surface area contributed by atoms with Gasteiger partial charge in [-0.1, -0.05) is 31.0 Å². The average Bonchev–Trinajstić information content (AvgIpc) is 3.20. The third kappa shape index (κ3) is 5.61. The number of rotatable bonds is 6. The molecule has 140 valence electrons. The molecule has 0 saturated carbocycles. The van der Waals surface area contributed by atoms with Crippen LogP contribution < -0.4 is 0 Å². The highest BCUT2D eigenvalue weighted by atomic mass is 32.2. The van der Waals surface area contributed by atoms with E-state index in [0.717, 1.165) is 32.9 Å². The van der Waals surface area contributed by atoms with Crippen LogP contribution in [-0.2, 0) is 16.1 Å². The second kappa shape index (κ2) is 9.62. The maximum atomic E-state index is 5.90. The Morgan fingerprint density at radius 3 is 2.96 bits per heavy atom. The van der Waals surface area contributed by atoms with Crippen LogP contribution in [0.3, 0.4) is 0 Å². The first-order valence-electron chi connectivity index (χ1n) is 8.40. The van der Waals surface area contributed by atoms with Gasteiger partial charge in [-0.3, -0.25) is 9.98 Å². The van der Waals surface area contributed by atoms with Crippen molar-refractivity contribution in [2.24, 2.45) is 9.98 Å². The number of pyridine rings is 1. The van der Waals surface area contributed by atoms with E-state index in [9.17, 15) is 0 Å². The van der Waals surface area contributed by atoms with Crippen LogP contribution in [0.1, 0.15) is 5.56 Å². The van der Waals surface area contributed by atoms with Gasteiger partial charge in [0, 0.05) is 29.5 Å². The quantitative estimate of drug-likeness (QED) is 0.665. The summed E-state index contributed by atoms with van der Waals surface area (Å²) in [7, 11) is 1.62. The van der Waals surface area contributed by atoms with E-state index in [1.165, 1.54) is 0 Å². The largest absolute Gasteiger partial charge is 0.499 e. The van der Waals surface area contributed by atoms with Crippen molar-refractivity contribution in [3.05, 3.63) is 78.7 Å². The molecule has 2 aliphatic heterocycles. The summed E-state index contributed by atoms with van der Waals surface area (Å²) in [6.07, 6.45) is 9.33. The van der Waals surface area contributed by atoms with E-state index >= 15 is 0 Å². The van der Waals surface area contributed by atoms with E-state index in [1.807, 2.05) is 30.4 Å². The number of allylic oxidation sites excluding steroid dienone is 2. The number of thioether (sulfide) groups is 2. The van der Waals surface area contributed by atoms with E-state index in [2.05, 4.69) is 23.1 Å². The molecule has 0 amide bonds. The summed E-state index contributed by atoms with van der Waals surface area (Å²) in [4.78, 5) is 13.4. The first kappa shape index (κ1) is 19.5. The van der Waals surface area contributed by atoms with Crippen LogP contribution in [0.2, 0.25) is 0 Å². The second-order valence-corrected chi connectivity index (χ2v) is 7.76. The Morgan fingerprint density at radius 1 is 1.30 bits per heavy atom. The summed E-state index contributed by atoms with van der Waals surface area (Å²) >= 11 is 3.28. The van der Waals surface area contributed by atoms with Crippen molar-refractivity contribution in [2.45, 2.75) is 12.6 Å².